The molecule has 5 nitrogen and oxygen atoms in total. The van der Waals surface area contributed by atoms with Gasteiger partial charge < -0.3 is 19.5 Å². The Hall–Kier alpha value is -1.59. The van der Waals surface area contributed by atoms with Crippen LogP contribution in [0.3, 0.4) is 0 Å². The molecular weight excluding hydrogens is 306 g/mol. The summed E-state index contributed by atoms with van der Waals surface area (Å²) < 4.78 is 11.0. The number of hydrogen-bond acceptors (Lipinski definition) is 4. The van der Waals surface area contributed by atoms with Crippen molar-refractivity contribution in [1.29, 1.82) is 0 Å². The van der Waals surface area contributed by atoms with Crippen LogP contribution in [0.4, 0.5) is 0 Å². The van der Waals surface area contributed by atoms with Crippen molar-refractivity contribution in [3.05, 3.63) is 28.8 Å². The molecule has 1 aliphatic carbocycles. The van der Waals surface area contributed by atoms with Crippen LogP contribution in [0.5, 0.6) is 5.75 Å². The Balaban J connectivity index is 1.87. The first-order chi connectivity index (χ1) is 11.5. The maximum absolute atomic E-state index is 13.1. The van der Waals surface area contributed by atoms with Crippen molar-refractivity contribution >= 4 is 5.91 Å². The van der Waals surface area contributed by atoms with Crippen LogP contribution >= 0.6 is 0 Å². The Labute approximate surface area is 143 Å². The zero-order valence-corrected chi connectivity index (χ0v) is 14.7. The first-order valence-electron chi connectivity index (χ1n) is 8.75. The number of rotatable bonds is 3. The monoisotopic (exact) mass is 333 g/mol. The molecule has 0 radical (unpaired) electrons. The fourth-order valence-corrected chi connectivity index (χ4v) is 4.21. The smallest absolute Gasteiger partial charge is 0.254 e. The van der Waals surface area contributed by atoms with Crippen molar-refractivity contribution in [2.75, 3.05) is 26.9 Å². The normalized spacial score (nSPS) is 27.3. The average Bonchev–Trinajstić information content (AvgIpc) is 2.99. The molecule has 24 heavy (non-hydrogen) atoms. The summed E-state index contributed by atoms with van der Waals surface area (Å²) in [6.07, 6.45) is 2.47. The Kier molecular flexibility index (Phi) is 5.11. The van der Waals surface area contributed by atoms with E-state index in [0.717, 1.165) is 36.1 Å². The summed E-state index contributed by atoms with van der Waals surface area (Å²) in [7, 11) is 1.65. The minimum Gasteiger partial charge on any atom is -0.496 e. The third kappa shape index (κ3) is 3.15. The molecule has 3 atom stereocenters. The lowest BCUT2D eigenvalue weighted by Crippen LogP contribution is -2.53. The predicted octanol–water partition coefficient (Wildman–Crippen LogP) is 2.31. The molecule has 1 saturated heterocycles. The Morgan fingerprint density at radius 3 is 2.58 bits per heavy atom. The number of ether oxygens (including phenoxy) is 2. The van der Waals surface area contributed by atoms with Crippen molar-refractivity contribution in [3.63, 3.8) is 0 Å². The largest absolute Gasteiger partial charge is 0.496 e. The molecule has 1 heterocycles. The molecule has 132 valence electrons. The lowest BCUT2D eigenvalue weighted by Gasteiger charge is -2.40. The third-order valence-corrected chi connectivity index (χ3v) is 5.36. The fraction of sp³-hybridized carbons (Fsp3) is 0.632. The summed E-state index contributed by atoms with van der Waals surface area (Å²) in [5.41, 5.74) is 2.61. The van der Waals surface area contributed by atoms with E-state index in [-0.39, 0.29) is 24.0 Å². The molecule has 1 aromatic carbocycles. The van der Waals surface area contributed by atoms with E-state index in [0.29, 0.717) is 25.3 Å². The summed E-state index contributed by atoms with van der Waals surface area (Å²) in [5.74, 6) is 0.974. The number of nitrogens with zero attached hydrogens (tertiary/aromatic N) is 1. The van der Waals surface area contributed by atoms with Crippen molar-refractivity contribution < 1.29 is 19.4 Å². The molecule has 0 spiro atoms. The molecule has 0 unspecified atom stereocenters. The van der Waals surface area contributed by atoms with Gasteiger partial charge in [-0.15, -0.1) is 0 Å². The van der Waals surface area contributed by atoms with Gasteiger partial charge in [0.25, 0.3) is 5.91 Å². The van der Waals surface area contributed by atoms with Gasteiger partial charge >= 0.3 is 0 Å². The quantitative estimate of drug-likeness (QED) is 0.922. The maximum atomic E-state index is 13.1. The summed E-state index contributed by atoms with van der Waals surface area (Å²) in [4.78, 5) is 15.0. The number of aryl methyl sites for hydroxylation is 2. The van der Waals surface area contributed by atoms with Gasteiger partial charge in [0.15, 0.2) is 0 Å². The molecule has 1 N–H and O–H groups in total. The standard InChI is InChI=1S/C19H27NO4/c1-12-9-14(10-13(2)18(12)23-3)19(22)20-7-8-24-11-16(20)15-5-4-6-17(15)21/h9-10,15-17,21H,4-8,11H2,1-3H3/t15-,16-,17-/m1/s1. The maximum Gasteiger partial charge on any atom is 0.254 e. The Bertz CT molecular complexity index is 592. The van der Waals surface area contributed by atoms with E-state index in [4.69, 9.17) is 9.47 Å². The molecule has 1 aromatic rings. The highest BCUT2D eigenvalue weighted by Crippen LogP contribution is 2.33. The van der Waals surface area contributed by atoms with E-state index in [9.17, 15) is 9.90 Å². The van der Waals surface area contributed by atoms with Crippen LogP contribution in [0.15, 0.2) is 12.1 Å². The third-order valence-electron chi connectivity index (χ3n) is 5.36. The van der Waals surface area contributed by atoms with Gasteiger partial charge in [-0.2, -0.15) is 0 Å². The summed E-state index contributed by atoms with van der Waals surface area (Å²) in [5, 5.41) is 10.3. The van der Waals surface area contributed by atoms with Crippen molar-refractivity contribution in [1.82, 2.24) is 4.90 Å². The van der Waals surface area contributed by atoms with Gasteiger partial charge in [0, 0.05) is 18.0 Å². The highest BCUT2D eigenvalue weighted by molar-refractivity contribution is 5.95. The van der Waals surface area contributed by atoms with Gasteiger partial charge in [0.2, 0.25) is 0 Å². The topological polar surface area (TPSA) is 59.0 Å². The molecule has 1 aliphatic heterocycles. The van der Waals surface area contributed by atoms with Crippen LogP contribution in [-0.2, 0) is 4.74 Å². The van der Waals surface area contributed by atoms with Crippen molar-refractivity contribution in [3.8, 4) is 5.75 Å². The van der Waals surface area contributed by atoms with Crippen LogP contribution in [-0.4, -0.2) is 54.9 Å². The number of morpholine rings is 1. The van der Waals surface area contributed by atoms with Gasteiger partial charge in [-0.1, -0.05) is 6.42 Å². The van der Waals surface area contributed by atoms with E-state index in [1.807, 2.05) is 30.9 Å². The summed E-state index contributed by atoms with van der Waals surface area (Å²) >= 11 is 0. The zero-order chi connectivity index (χ0) is 17.3. The molecule has 0 bridgehead atoms. The number of benzene rings is 1. The van der Waals surface area contributed by atoms with Crippen LogP contribution in [0.1, 0.15) is 40.7 Å². The van der Waals surface area contributed by atoms with Gasteiger partial charge in [-0.3, -0.25) is 4.79 Å². The highest BCUT2D eigenvalue weighted by atomic mass is 16.5. The number of amides is 1. The van der Waals surface area contributed by atoms with Crippen LogP contribution in [0.2, 0.25) is 0 Å². The summed E-state index contributed by atoms with van der Waals surface area (Å²) in [6, 6.07) is 3.75. The van der Waals surface area contributed by atoms with E-state index in [1.54, 1.807) is 7.11 Å². The first-order valence-corrected chi connectivity index (χ1v) is 8.75. The average molecular weight is 333 g/mol. The van der Waals surface area contributed by atoms with Crippen LogP contribution in [0, 0.1) is 19.8 Å². The molecule has 1 amide bonds. The second kappa shape index (κ2) is 7.11. The van der Waals surface area contributed by atoms with E-state index in [2.05, 4.69) is 0 Å². The minimum atomic E-state index is -0.327. The molecule has 2 fully saturated rings. The molecule has 0 aromatic heterocycles. The predicted molar refractivity (Wildman–Crippen MR) is 91.5 cm³/mol. The number of methoxy groups -OCH3 is 1. The minimum absolute atomic E-state index is 0.0243. The lowest BCUT2D eigenvalue weighted by atomic mass is 9.93. The number of carbonyl (C=O) groups excluding carboxylic acids is 1. The second-order valence-electron chi connectivity index (χ2n) is 6.95. The summed E-state index contributed by atoms with van der Waals surface area (Å²) in [6.45, 7) is 5.57. The molecule has 2 aliphatic rings. The number of carbonyl (C=O) groups is 1. The lowest BCUT2D eigenvalue weighted by molar-refractivity contribution is -0.0383. The van der Waals surface area contributed by atoms with Gasteiger partial charge in [0.1, 0.15) is 5.75 Å². The number of hydrogen-bond donors (Lipinski definition) is 1. The van der Waals surface area contributed by atoms with E-state index >= 15 is 0 Å². The number of aliphatic hydroxyl groups excluding tert-OH is 1. The van der Waals surface area contributed by atoms with Crippen LogP contribution < -0.4 is 4.74 Å². The molecule has 1 saturated carbocycles. The molecular formula is C19H27NO4. The second-order valence-corrected chi connectivity index (χ2v) is 6.95. The highest BCUT2D eigenvalue weighted by Gasteiger charge is 2.39. The Morgan fingerprint density at radius 1 is 1.29 bits per heavy atom. The molecule has 3 rings (SSSR count). The Morgan fingerprint density at radius 2 is 2.00 bits per heavy atom. The van der Waals surface area contributed by atoms with Crippen molar-refractivity contribution in [2.45, 2.75) is 45.3 Å². The van der Waals surface area contributed by atoms with Gasteiger partial charge in [-0.05, 0) is 49.9 Å². The molecule has 5 heteroatoms. The zero-order valence-electron chi connectivity index (χ0n) is 14.7. The van der Waals surface area contributed by atoms with E-state index < -0.39 is 0 Å². The van der Waals surface area contributed by atoms with Crippen LogP contribution in [0.25, 0.3) is 0 Å². The SMILES string of the molecule is COc1c(C)cc(C(=O)N2CCOC[C@@H]2[C@H]2CCC[C@H]2O)cc1C. The van der Waals surface area contributed by atoms with Gasteiger partial charge in [0.05, 0.1) is 32.5 Å². The number of aliphatic hydroxyl groups is 1. The van der Waals surface area contributed by atoms with Crippen molar-refractivity contribution in [2.24, 2.45) is 5.92 Å². The van der Waals surface area contributed by atoms with E-state index in [1.165, 1.54) is 0 Å². The fourth-order valence-electron chi connectivity index (χ4n) is 4.21. The van der Waals surface area contributed by atoms with Gasteiger partial charge in [-0.25, -0.2) is 0 Å². The first kappa shape index (κ1) is 17.2.